The van der Waals surface area contributed by atoms with Gasteiger partial charge < -0.3 is 10.4 Å². The summed E-state index contributed by atoms with van der Waals surface area (Å²) in [5, 5.41) is 32.9. The Balaban J connectivity index is 2.32. The van der Waals surface area contributed by atoms with Crippen molar-refractivity contribution in [2.75, 3.05) is 0 Å². The molecule has 1 atom stereocenters. The molecular formula is C18H14BrN3O4. The minimum absolute atomic E-state index is 0.00913. The van der Waals surface area contributed by atoms with Gasteiger partial charge >= 0.3 is 0 Å². The van der Waals surface area contributed by atoms with Gasteiger partial charge in [0.2, 0.25) is 0 Å². The fraction of sp³-hybridized carbons (Fsp3) is 0.111. The van der Waals surface area contributed by atoms with E-state index >= 15 is 0 Å². The van der Waals surface area contributed by atoms with Crippen LogP contribution in [0.3, 0.4) is 0 Å². The molecule has 0 bridgehead atoms. The highest BCUT2D eigenvalue weighted by Crippen LogP contribution is 2.33. The zero-order valence-electron chi connectivity index (χ0n) is 13.6. The highest BCUT2D eigenvalue weighted by molar-refractivity contribution is 9.10. The van der Waals surface area contributed by atoms with Gasteiger partial charge in [0, 0.05) is 17.7 Å². The molecule has 7 nitrogen and oxygen atoms in total. The molecule has 2 aromatic carbocycles. The molecular weight excluding hydrogens is 402 g/mol. The number of nitriles is 1. The zero-order valence-corrected chi connectivity index (χ0v) is 15.2. The molecule has 0 aliphatic heterocycles. The van der Waals surface area contributed by atoms with Gasteiger partial charge in [-0.15, -0.1) is 0 Å². The monoisotopic (exact) mass is 415 g/mol. The van der Waals surface area contributed by atoms with Gasteiger partial charge in [0.15, 0.2) is 0 Å². The first-order chi connectivity index (χ1) is 12.3. The summed E-state index contributed by atoms with van der Waals surface area (Å²) in [7, 11) is 0. The van der Waals surface area contributed by atoms with E-state index in [-0.39, 0.29) is 33.1 Å². The number of phenolic OH excluding ortho intramolecular Hbond substituents is 1. The number of carbonyl (C=O) groups is 1. The number of amides is 1. The second kappa shape index (κ2) is 8.27. The van der Waals surface area contributed by atoms with Gasteiger partial charge in [-0.2, -0.15) is 5.26 Å². The lowest BCUT2D eigenvalue weighted by atomic mass is 10.1. The van der Waals surface area contributed by atoms with Gasteiger partial charge in [0.25, 0.3) is 11.6 Å². The molecule has 2 aromatic rings. The van der Waals surface area contributed by atoms with Crippen molar-refractivity contribution in [1.82, 2.24) is 5.32 Å². The Kier molecular flexibility index (Phi) is 6.09. The maximum Gasteiger partial charge on any atom is 0.271 e. The Morgan fingerprint density at radius 2 is 2.04 bits per heavy atom. The summed E-state index contributed by atoms with van der Waals surface area (Å²) in [5.74, 6) is -0.946. The van der Waals surface area contributed by atoms with E-state index in [0.29, 0.717) is 0 Å². The van der Waals surface area contributed by atoms with Crippen molar-refractivity contribution in [2.45, 2.75) is 13.0 Å². The predicted octanol–water partition coefficient (Wildman–Crippen LogP) is 3.85. The number of hydrogen-bond acceptors (Lipinski definition) is 5. The molecule has 2 rings (SSSR count). The smallest absolute Gasteiger partial charge is 0.271 e. The van der Waals surface area contributed by atoms with Crippen molar-refractivity contribution in [3.8, 4) is 11.8 Å². The minimum Gasteiger partial charge on any atom is -0.506 e. The zero-order chi connectivity index (χ0) is 19.3. The highest BCUT2D eigenvalue weighted by Gasteiger charge is 2.17. The van der Waals surface area contributed by atoms with Gasteiger partial charge in [0.1, 0.15) is 17.4 Å². The van der Waals surface area contributed by atoms with Crippen LogP contribution >= 0.6 is 15.9 Å². The Morgan fingerprint density at radius 1 is 1.38 bits per heavy atom. The molecule has 0 spiro atoms. The molecule has 0 aromatic heterocycles. The largest absolute Gasteiger partial charge is 0.506 e. The first kappa shape index (κ1) is 19.1. The number of nitro groups is 1. The SMILES string of the molecule is C[C@@H](NC(=O)/C(C#N)=C\c1cc([N+](=O)[O-])cc(Br)c1O)c1ccccc1. The van der Waals surface area contributed by atoms with Crippen molar-refractivity contribution in [1.29, 1.82) is 5.26 Å². The quantitative estimate of drug-likeness (QED) is 0.333. The number of nitrogens with one attached hydrogen (secondary N) is 1. The summed E-state index contributed by atoms with van der Waals surface area (Å²) in [6, 6.07) is 12.8. The van der Waals surface area contributed by atoms with Crippen LogP contribution in [0.15, 0.2) is 52.5 Å². The number of nitro benzene ring substituents is 1. The van der Waals surface area contributed by atoms with Gasteiger partial charge in [-0.1, -0.05) is 30.3 Å². The number of benzene rings is 2. The number of hydrogen-bond donors (Lipinski definition) is 2. The van der Waals surface area contributed by atoms with Crippen LogP contribution in [0.5, 0.6) is 5.75 Å². The standard InChI is InChI=1S/C18H14BrN3O4/c1-11(12-5-3-2-4-6-12)21-18(24)14(10-20)7-13-8-15(22(25)26)9-16(19)17(13)23/h2-9,11,23H,1H3,(H,21,24)/b14-7-/t11-/m1/s1. The number of carbonyl (C=O) groups excluding carboxylic acids is 1. The molecule has 2 N–H and O–H groups in total. The van der Waals surface area contributed by atoms with Crippen molar-refractivity contribution < 1.29 is 14.8 Å². The lowest BCUT2D eigenvalue weighted by Crippen LogP contribution is -2.27. The van der Waals surface area contributed by atoms with Crippen LogP contribution in [0.25, 0.3) is 6.08 Å². The van der Waals surface area contributed by atoms with E-state index in [0.717, 1.165) is 23.8 Å². The third kappa shape index (κ3) is 4.46. The molecule has 26 heavy (non-hydrogen) atoms. The Hall–Kier alpha value is -3.18. The number of nitrogens with zero attached hydrogens (tertiary/aromatic N) is 2. The molecule has 0 saturated heterocycles. The van der Waals surface area contributed by atoms with Crippen molar-refractivity contribution in [2.24, 2.45) is 0 Å². The lowest BCUT2D eigenvalue weighted by molar-refractivity contribution is -0.385. The molecule has 8 heteroatoms. The molecule has 0 aliphatic carbocycles. The Bertz CT molecular complexity index is 920. The van der Waals surface area contributed by atoms with Crippen molar-refractivity contribution in [3.05, 3.63) is 73.8 Å². The summed E-state index contributed by atoms with van der Waals surface area (Å²) in [6.45, 7) is 1.77. The predicted molar refractivity (Wildman–Crippen MR) is 99.1 cm³/mol. The maximum atomic E-state index is 12.3. The molecule has 0 heterocycles. The first-order valence-electron chi connectivity index (χ1n) is 7.48. The summed E-state index contributed by atoms with van der Waals surface area (Å²) < 4.78 is 0.0910. The summed E-state index contributed by atoms with van der Waals surface area (Å²) in [6.07, 6.45) is 1.11. The number of aromatic hydroxyl groups is 1. The van der Waals surface area contributed by atoms with Crippen LogP contribution < -0.4 is 5.32 Å². The van der Waals surface area contributed by atoms with E-state index < -0.39 is 10.8 Å². The second-order valence-corrected chi connectivity index (χ2v) is 6.25. The molecule has 0 saturated carbocycles. The van der Waals surface area contributed by atoms with Crippen LogP contribution in [-0.4, -0.2) is 15.9 Å². The van der Waals surface area contributed by atoms with Crippen molar-refractivity contribution in [3.63, 3.8) is 0 Å². The third-order valence-corrected chi connectivity index (χ3v) is 4.21. The number of non-ortho nitro benzene ring substituents is 1. The second-order valence-electron chi connectivity index (χ2n) is 5.40. The fourth-order valence-corrected chi connectivity index (χ4v) is 2.69. The lowest BCUT2D eigenvalue weighted by Gasteiger charge is -2.13. The summed E-state index contributed by atoms with van der Waals surface area (Å²) in [4.78, 5) is 22.7. The van der Waals surface area contributed by atoms with Crippen LogP contribution in [-0.2, 0) is 4.79 Å². The Morgan fingerprint density at radius 3 is 2.62 bits per heavy atom. The number of rotatable bonds is 5. The topological polar surface area (TPSA) is 116 Å². The van der Waals surface area contributed by atoms with Gasteiger partial charge in [0.05, 0.1) is 15.4 Å². The molecule has 0 fully saturated rings. The Labute approximate surface area is 157 Å². The van der Waals surface area contributed by atoms with E-state index in [1.54, 1.807) is 13.0 Å². The summed E-state index contributed by atoms with van der Waals surface area (Å²) in [5.41, 5.74) is 0.288. The molecule has 1 amide bonds. The van der Waals surface area contributed by atoms with Crippen molar-refractivity contribution >= 4 is 33.6 Å². The molecule has 0 radical (unpaired) electrons. The highest BCUT2D eigenvalue weighted by atomic mass is 79.9. The van der Waals surface area contributed by atoms with E-state index in [9.17, 15) is 25.3 Å². The average Bonchev–Trinajstić information content (AvgIpc) is 2.63. The van der Waals surface area contributed by atoms with Crippen LogP contribution in [0.4, 0.5) is 5.69 Å². The molecule has 132 valence electrons. The van der Waals surface area contributed by atoms with E-state index in [1.165, 1.54) is 0 Å². The van der Waals surface area contributed by atoms with E-state index in [2.05, 4.69) is 21.2 Å². The average molecular weight is 416 g/mol. The van der Waals surface area contributed by atoms with Gasteiger partial charge in [-0.05, 0) is 34.5 Å². The van der Waals surface area contributed by atoms with E-state index in [4.69, 9.17) is 0 Å². The summed E-state index contributed by atoms with van der Waals surface area (Å²) >= 11 is 3.02. The van der Waals surface area contributed by atoms with Crippen LogP contribution in [0.2, 0.25) is 0 Å². The molecule has 0 aliphatic rings. The number of phenols is 1. The molecule has 0 unspecified atom stereocenters. The fourth-order valence-electron chi connectivity index (χ4n) is 2.22. The van der Waals surface area contributed by atoms with E-state index in [1.807, 2.05) is 30.3 Å². The van der Waals surface area contributed by atoms with Gasteiger partial charge in [-0.25, -0.2) is 0 Å². The third-order valence-electron chi connectivity index (χ3n) is 3.60. The maximum absolute atomic E-state index is 12.3. The first-order valence-corrected chi connectivity index (χ1v) is 8.27. The van der Waals surface area contributed by atoms with Crippen LogP contribution in [0.1, 0.15) is 24.1 Å². The number of halogens is 1. The van der Waals surface area contributed by atoms with Gasteiger partial charge in [-0.3, -0.25) is 14.9 Å². The normalized spacial score (nSPS) is 12.1. The minimum atomic E-state index is -0.647. The van der Waals surface area contributed by atoms with Crippen LogP contribution in [0, 0.1) is 21.4 Å².